The van der Waals surface area contributed by atoms with Gasteiger partial charge in [0.2, 0.25) is 0 Å². The molecule has 0 fully saturated rings. The number of non-ortho nitro benzene ring substituents is 1. The topological polar surface area (TPSA) is 103 Å². The summed E-state index contributed by atoms with van der Waals surface area (Å²) in [6.45, 7) is 1.39. The summed E-state index contributed by atoms with van der Waals surface area (Å²) in [6, 6.07) is 6.88. The van der Waals surface area contributed by atoms with Crippen LogP contribution in [-0.2, 0) is 16.6 Å². The highest BCUT2D eigenvalue weighted by molar-refractivity contribution is 6.33. The third kappa shape index (κ3) is 3.90. The molecule has 0 saturated heterocycles. The van der Waals surface area contributed by atoms with E-state index in [1.807, 2.05) is 0 Å². The maximum atomic E-state index is 12.1. The first kappa shape index (κ1) is 17.5. The molecule has 1 aromatic carbocycles. The molecule has 0 aliphatic rings. The molecule has 2 aromatic rings. The van der Waals surface area contributed by atoms with Crippen LogP contribution >= 0.6 is 11.6 Å². The van der Waals surface area contributed by atoms with E-state index in [0.717, 1.165) is 6.07 Å². The SMILES string of the molecule is C[C@H](OC(=O)c1cccn1C)C(=O)Nc1cc([N+](=O)[O-])ccc1Cl. The second kappa shape index (κ2) is 7.14. The summed E-state index contributed by atoms with van der Waals surface area (Å²) in [6.07, 6.45) is 0.562. The molecule has 1 aromatic heterocycles. The number of aryl methyl sites for hydroxylation is 1. The number of nitrogens with zero attached hydrogens (tertiary/aromatic N) is 2. The third-order valence-electron chi connectivity index (χ3n) is 3.22. The minimum absolute atomic E-state index is 0.0673. The third-order valence-corrected chi connectivity index (χ3v) is 3.55. The van der Waals surface area contributed by atoms with Crippen molar-refractivity contribution >= 4 is 34.9 Å². The predicted octanol–water partition coefficient (Wildman–Crippen LogP) is 2.77. The Bertz CT molecular complexity index is 802. The van der Waals surface area contributed by atoms with E-state index in [1.165, 1.54) is 19.1 Å². The number of amides is 1. The molecule has 1 amide bonds. The molecule has 1 N–H and O–H groups in total. The van der Waals surface area contributed by atoms with E-state index in [1.54, 1.807) is 29.9 Å². The second-order valence-corrected chi connectivity index (χ2v) is 5.37. The zero-order valence-corrected chi connectivity index (χ0v) is 13.6. The van der Waals surface area contributed by atoms with Crippen LogP contribution in [0.1, 0.15) is 17.4 Å². The molecular weight excluding hydrogens is 338 g/mol. The molecule has 2 rings (SSSR count). The van der Waals surface area contributed by atoms with Gasteiger partial charge in [0, 0.05) is 25.4 Å². The number of hydrogen-bond acceptors (Lipinski definition) is 5. The molecule has 8 nitrogen and oxygen atoms in total. The average Bonchev–Trinajstić information content (AvgIpc) is 2.95. The zero-order chi connectivity index (χ0) is 17.9. The van der Waals surface area contributed by atoms with Gasteiger partial charge in [-0.25, -0.2) is 4.79 Å². The molecule has 0 unspecified atom stereocenters. The number of anilines is 1. The minimum Gasteiger partial charge on any atom is -0.448 e. The van der Waals surface area contributed by atoms with Crippen LogP contribution in [-0.4, -0.2) is 27.5 Å². The van der Waals surface area contributed by atoms with Gasteiger partial charge in [0.25, 0.3) is 11.6 Å². The number of nitro groups is 1. The first-order valence-electron chi connectivity index (χ1n) is 6.86. The van der Waals surface area contributed by atoms with Crippen LogP contribution < -0.4 is 5.32 Å². The lowest BCUT2D eigenvalue weighted by Gasteiger charge is -2.14. The predicted molar refractivity (Wildman–Crippen MR) is 87.0 cm³/mol. The lowest BCUT2D eigenvalue weighted by Crippen LogP contribution is -2.30. The number of ether oxygens (including phenoxy) is 1. The smallest absolute Gasteiger partial charge is 0.355 e. The summed E-state index contributed by atoms with van der Waals surface area (Å²) < 4.78 is 6.64. The standard InChI is InChI=1S/C15H14ClN3O5/c1-9(24-15(21)13-4-3-7-18(13)2)14(20)17-12-8-10(19(22)23)5-6-11(12)16/h3-9H,1-2H3,(H,17,20)/t9-/m0/s1. The fourth-order valence-corrected chi connectivity index (χ4v) is 2.07. The lowest BCUT2D eigenvalue weighted by atomic mass is 10.2. The van der Waals surface area contributed by atoms with Crippen molar-refractivity contribution in [1.29, 1.82) is 0 Å². The van der Waals surface area contributed by atoms with Gasteiger partial charge in [0.05, 0.1) is 15.6 Å². The number of aromatic nitrogens is 1. The largest absolute Gasteiger partial charge is 0.448 e. The van der Waals surface area contributed by atoms with Crippen LogP contribution in [0.2, 0.25) is 5.02 Å². The number of nitro benzene ring substituents is 1. The molecule has 24 heavy (non-hydrogen) atoms. The summed E-state index contributed by atoms with van der Waals surface area (Å²) in [4.78, 5) is 34.2. The quantitative estimate of drug-likeness (QED) is 0.506. The van der Waals surface area contributed by atoms with E-state index in [9.17, 15) is 19.7 Å². The maximum Gasteiger partial charge on any atom is 0.355 e. The van der Waals surface area contributed by atoms with E-state index >= 15 is 0 Å². The van der Waals surface area contributed by atoms with Crippen molar-refractivity contribution in [2.75, 3.05) is 5.32 Å². The molecule has 0 radical (unpaired) electrons. The number of carbonyl (C=O) groups is 2. The number of halogens is 1. The van der Waals surface area contributed by atoms with Gasteiger partial charge >= 0.3 is 5.97 Å². The minimum atomic E-state index is -1.11. The van der Waals surface area contributed by atoms with Crippen LogP contribution in [0.15, 0.2) is 36.5 Å². The van der Waals surface area contributed by atoms with E-state index in [-0.39, 0.29) is 16.4 Å². The number of benzene rings is 1. The Hall–Kier alpha value is -2.87. The molecule has 0 bridgehead atoms. The van der Waals surface area contributed by atoms with Crippen LogP contribution in [0, 0.1) is 10.1 Å². The number of hydrogen-bond donors (Lipinski definition) is 1. The van der Waals surface area contributed by atoms with Crippen molar-refractivity contribution in [2.45, 2.75) is 13.0 Å². The van der Waals surface area contributed by atoms with Crippen molar-refractivity contribution in [3.05, 3.63) is 57.4 Å². The van der Waals surface area contributed by atoms with Crippen LogP contribution in [0.5, 0.6) is 0 Å². The van der Waals surface area contributed by atoms with Gasteiger partial charge < -0.3 is 14.6 Å². The van der Waals surface area contributed by atoms with Gasteiger partial charge in [0.15, 0.2) is 6.10 Å². The lowest BCUT2D eigenvalue weighted by molar-refractivity contribution is -0.384. The molecule has 1 atom stereocenters. The van der Waals surface area contributed by atoms with Crippen LogP contribution in [0.4, 0.5) is 11.4 Å². The van der Waals surface area contributed by atoms with E-state index in [0.29, 0.717) is 5.69 Å². The molecule has 9 heteroatoms. The number of carbonyl (C=O) groups excluding carboxylic acids is 2. The molecule has 0 spiro atoms. The number of esters is 1. The molecule has 0 aliphatic heterocycles. The van der Waals surface area contributed by atoms with E-state index in [4.69, 9.17) is 16.3 Å². The Morgan fingerprint density at radius 1 is 1.38 bits per heavy atom. The van der Waals surface area contributed by atoms with E-state index in [2.05, 4.69) is 5.32 Å². The first-order chi connectivity index (χ1) is 11.3. The van der Waals surface area contributed by atoms with Crippen molar-refractivity contribution in [3.63, 3.8) is 0 Å². The summed E-state index contributed by atoms with van der Waals surface area (Å²) in [7, 11) is 1.67. The van der Waals surface area contributed by atoms with Crippen molar-refractivity contribution in [1.82, 2.24) is 4.57 Å². The van der Waals surface area contributed by atoms with Crippen molar-refractivity contribution in [3.8, 4) is 0 Å². The van der Waals surface area contributed by atoms with Crippen LogP contribution in [0.3, 0.4) is 0 Å². The fourth-order valence-electron chi connectivity index (χ4n) is 1.90. The normalized spacial score (nSPS) is 11.6. The van der Waals surface area contributed by atoms with Gasteiger partial charge in [0.1, 0.15) is 5.69 Å². The monoisotopic (exact) mass is 351 g/mol. The molecule has 126 valence electrons. The number of rotatable bonds is 5. The highest BCUT2D eigenvalue weighted by atomic mass is 35.5. The van der Waals surface area contributed by atoms with Gasteiger partial charge in [-0.15, -0.1) is 0 Å². The molecular formula is C15H14ClN3O5. The molecule has 0 saturated carbocycles. The highest BCUT2D eigenvalue weighted by Gasteiger charge is 2.21. The summed E-state index contributed by atoms with van der Waals surface area (Å²) >= 11 is 5.91. The maximum absolute atomic E-state index is 12.1. The Morgan fingerprint density at radius 3 is 2.67 bits per heavy atom. The van der Waals surface area contributed by atoms with Gasteiger partial charge in [-0.1, -0.05) is 11.6 Å². The second-order valence-electron chi connectivity index (χ2n) is 4.96. The Labute approximate surface area is 142 Å². The average molecular weight is 352 g/mol. The van der Waals surface area contributed by atoms with Gasteiger partial charge in [-0.3, -0.25) is 14.9 Å². The fraction of sp³-hybridized carbons (Fsp3) is 0.200. The Morgan fingerprint density at radius 2 is 2.08 bits per heavy atom. The zero-order valence-electron chi connectivity index (χ0n) is 12.9. The highest BCUT2D eigenvalue weighted by Crippen LogP contribution is 2.26. The number of nitrogens with one attached hydrogen (secondary N) is 1. The summed E-state index contributed by atoms with van der Waals surface area (Å²) in [5.41, 5.74) is 0.142. The summed E-state index contributed by atoms with van der Waals surface area (Å²) in [5, 5.41) is 13.3. The summed E-state index contributed by atoms with van der Waals surface area (Å²) in [5.74, 6) is -1.31. The van der Waals surface area contributed by atoms with Crippen LogP contribution in [0.25, 0.3) is 0 Å². The van der Waals surface area contributed by atoms with E-state index < -0.39 is 22.9 Å². The van der Waals surface area contributed by atoms with Gasteiger partial charge in [-0.2, -0.15) is 0 Å². The Kier molecular flexibility index (Phi) is 5.20. The molecule has 1 heterocycles. The van der Waals surface area contributed by atoms with Crippen molar-refractivity contribution in [2.24, 2.45) is 7.05 Å². The van der Waals surface area contributed by atoms with Crippen molar-refractivity contribution < 1.29 is 19.2 Å². The van der Waals surface area contributed by atoms with Gasteiger partial charge in [-0.05, 0) is 25.1 Å². The Balaban J connectivity index is 2.07. The molecule has 0 aliphatic carbocycles. The first-order valence-corrected chi connectivity index (χ1v) is 7.24.